The van der Waals surface area contributed by atoms with Crippen molar-refractivity contribution in [2.45, 2.75) is 97.6 Å². The first-order valence-electron chi connectivity index (χ1n) is 9.60. The van der Waals surface area contributed by atoms with Crippen LogP contribution in [0.15, 0.2) is 0 Å². The minimum Gasteiger partial charge on any atom is -0.413 e. The third-order valence-corrected chi connectivity index (χ3v) is 13.2. The lowest BCUT2D eigenvalue weighted by atomic mass is 9.47. The molecule has 3 saturated carbocycles. The molecule has 5 atom stereocenters. The van der Waals surface area contributed by atoms with Crippen molar-refractivity contribution in [2.24, 2.45) is 22.2 Å². The van der Waals surface area contributed by atoms with Gasteiger partial charge in [-0.2, -0.15) is 0 Å². The van der Waals surface area contributed by atoms with E-state index in [0.29, 0.717) is 18.6 Å². The van der Waals surface area contributed by atoms with E-state index in [1.54, 1.807) is 0 Å². The Kier molecular flexibility index (Phi) is 3.84. The Bertz CT molecular complexity index is 562. The summed E-state index contributed by atoms with van der Waals surface area (Å²) in [7, 11) is -1.89. The first-order valence-corrected chi connectivity index (χ1v) is 12.5. The van der Waals surface area contributed by atoms with Crippen LogP contribution in [-0.2, 0) is 9.22 Å². The summed E-state index contributed by atoms with van der Waals surface area (Å²) in [5.74, 6) is 0.534. The van der Waals surface area contributed by atoms with E-state index >= 15 is 0 Å². The summed E-state index contributed by atoms with van der Waals surface area (Å²) in [5.41, 5.74) is -0.686. The van der Waals surface area contributed by atoms with E-state index in [0.717, 1.165) is 12.8 Å². The first-order chi connectivity index (χ1) is 10.7. The second kappa shape index (κ2) is 4.95. The minimum absolute atomic E-state index is 0.0553. The molecular weight excluding hydrogens is 316 g/mol. The predicted molar refractivity (Wildman–Crippen MR) is 99.4 cm³/mol. The molecule has 0 saturated heterocycles. The standard InChI is InChI=1S/C20H36O3Si/c1-17(2,3)24(7,8)23-16-9-10-19(6)13-11-15(22)20(19,12-14(13)21)18(16,4)5/h13-14,16,21H,9-12H2,1-8H3/t13-,14+,16+,19-,20-/m1/s1. The molecule has 1 N–H and O–H groups in total. The molecule has 0 aromatic rings. The largest absolute Gasteiger partial charge is 0.413 e. The van der Waals surface area contributed by atoms with Crippen LogP contribution < -0.4 is 0 Å². The maximum Gasteiger partial charge on any atom is 0.192 e. The highest BCUT2D eigenvalue weighted by atomic mass is 28.4. The lowest BCUT2D eigenvalue weighted by molar-refractivity contribution is -0.163. The molecule has 4 heteroatoms. The number of Topliss-reactive ketones (excluding diaryl/α,β-unsaturated/α-hetero) is 1. The normalized spacial score (nSPS) is 44.7. The zero-order valence-electron chi connectivity index (χ0n) is 16.8. The Morgan fingerprint density at radius 3 is 2.33 bits per heavy atom. The fourth-order valence-electron chi connectivity index (χ4n) is 6.16. The molecule has 3 nitrogen and oxygen atoms in total. The highest BCUT2D eigenvalue weighted by molar-refractivity contribution is 6.74. The Morgan fingerprint density at radius 1 is 1.21 bits per heavy atom. The molecule has 0 unspecified atom stereocenters. The summed E-state index contributed by atoms with van der Waals surface area (Å²) in [5, 5.41) is 10.8. The van der Waals surface area contributed by atoms with Gasteiger partial charge in [0, 0.05) is 17.3 Å². The predicted octanol–water partition coefficient (Wildman–Crippen LogP) is 4.54. The van der Waals surface area contributed by atoms with E-state index in [4.69, 9.17) is 4.43 Å². The fraction of sp³-hybridized carbons (Fsp3) is 0.950. The van der Waals surface area contributed by atoms with E-state index in [1.807, 2.05) is 0 Å². The molecule has 0 aliphatic heterocycles. The molecular formula is C20H36O3Si. The summed E-state index contributed by atoms with van der Waals surface area (Å²) in [6.07, 6.45) is 3.00. The van der Waals surface area contributed by atoms with E-state index in [1.165, 1.54) is 0 Å². The Labute approximate surface area is 148 Å². The molecule has 3 fully saturated rings. The molecule has 138 valence electrons. The number of ketones is 1. The van der Waals surface area contributed by atoms with Crippen LogP contribution in [0.3, 0.4) is 0 Å². The molecule has 0 spiro atoms. The van der Waals surface area contributed by atoms with Gasteiger partial charge < -0.3 is 9.53 Å². The van der Waals surface area contributed by atoms with Crippen molar-refractivity contribution < 1.29 is 14.3 Å². The molecule has 0 radical (unpaired) electrons. The lowest BCUT2D eigenvalue weighted by Crippen LogP contribution is -2.61. The van der Waals surface area contributed by atoms with Gasteiger partial charge >= 0.3 is 0 Å². The van der Waals surface area contributed by atoms with Crippen LogP contribution >= 0.6 is 0 Å². The van der Waals surface area contributed by atoms with Crippen LogP contribution in [0.25, 0.3) is 0 Å². The van der Waals surface area contributed by atoms with E-state index in [9.17, 15) is 9.90 Å². The number of rotatable bonds is 2. The van der Waals surface area contributed by atoms with Gasteiger partial charge in [-0.05, 0) is 48.7 Å². The second-order valence-electron chi connectivity index (χ2n) is 11.0. The van der Waals surface area contributed by atoms with Crippen molar-refractivity contribution >= 4 is 14.1 Å². The molecule has 24 heavy (non-hydrogen) atoms. The second-order valence-corrected chi connectivity index (χ2v) is 15.7. The molecule has 2 bridgehead atoms. The number of hydrogen-bond donors (Lipinski definition) is 1. The number of carbonyl (C=O) groups is 1. The van der Waals surface area contributed by atoms with Gasteiger partial charge in [-0.1, -0.05) is 41.5 Å². The van der Waals surface area contributed by atoms with Crippen LogP contribution in [0, 0.1) is 22.2 Å². The lowest BCUT2D eigenvalue weighted by Gasteiger charge is -2.59. The molecule has 3 aliphatic carbocycles. The van der Waals surface area contributed by atoms with Gasteiger partial charge in [0.2, 0.25) is 0 Å². The summed E-state index contributed by atoms with van der Waals surface area (Å²) in [4.78, 5) is 13.1. The maximum atomic E-state index is 13.1. The highest BCUT2D eigenvalue weighted by Gasteiger charge is 2.77. The molecule has 0 aromatic heterocycles. The van der Waals surface area contributed by atoms with Crippen molar-refractivity contribution in [3.05, 3.63) is 0 Å². The average Bonchev–Trinajstić information content (AvgIpc) is 2.77. The zero-order chi connectivity index (χ0) is 18.3. The zero-order valence-corrected chi connectivity index (χ0v) is 17.8. The van der Waals surface area contributed by atoms with E-state index < -0.39 is 13.7 Å². The van der Waals surface area contributed by atoms with Gasteiger partial charge in [-0.3, -0.25) is 4.79 Å². The maximum absolute atomic E-state index is 13.1. The van der Waals surface area contributed by atoms with Crippen molar-refractivity contribution in [3.63, 3.8) is 0 Å². The van der Waals surface area contributed by atoms with Crippen LogP contribution in [0.1, 0.15) is 67.2 Å². The Balaban J connectivity index is 2.00. The van der Waals surface area contributed by atoms with E-state index in [2.05, 4.69) is 54.6 Å². The number of hydrogen-bond acceptors (Lipinski definition) is 3. The van der Waals surface area contributed by atoms with Gasteiger partial charge in [0.1, 0.15) is 5.78 Å². The van der Waals surface area contributed by atoms with Gasteiger partial charge in [-0.25, -0.2) is 0 Å². The van der Waals surface area contributed by atoms with E-state index in [-0.39, 0.29) is 34.0 Å². The molecule has 3 aliphatic rings. The van der Waals surface area contributed by atoms with Gasteiger partial charge in [0.05, 0.1) is 12.2 Å². The summed E-state index contributed by atoms with van der Waals surface area (Å²) in [6, 6.07) is 0. The average molecular weight is 353 g/mol. The third kappa shape index (κ3) is 1.99. The fourth-order valence-corrected chi connectivity index (χ4v) is 7.64. The van der Waals surface area contributed by atoms with Crippen LogP contribution in [-0.4, -0.2) is 31.4 Å². The minimum atomic E-state index is -1.89. The summed E-state index contributed by atoms with van der Waals surface area (Å²) >= 11 is 0. The smallest absolute Gasteiger partial charge is 0.192 e. The SMILES string of the molecule is CC1(C)[C@@H](O[Si](C)(C)C(C)(C)C)CC[C@]2(C)[C@@H]3CC(=O)[C@]12C[C@@H]3O. The topological polar surface area (TPSA) is 46.5 Å². The van der Waals surface area contributed by atoms with Crippen LogP contribution in [0.2, 0.25) is 18.1 Å². The molecule has 0 aromatic carbocycles. The Hall–Kier alpha value is -0.193. The van der Waals surface area contributed by atoms with Crippen molar-refractivity contribution in [2.75, 3.05) is 0 Å². The monoisotopic (exact) mass is 352 g/mol. The van der Waals surface area contributed by atoms with Crippen LogP contribution in [0.5, 0.6) is 0 Å². The quantitative estimate of drug-likeness (QED) is 0.742. The van der Waals surface area contributed by atoms with Crippen molar-refractivity contribution in [1.82, 2.24) is 0 Å². The first kappa shape index (κ1) is 18.6. The number of aliphatic hydroxyl groups is 1. The van der Waals surface area contributed by atoms with Crippen molar-refractivity contribution in [3.8, 4) is 0 Å². The number of aliphatic hydroxyl groups excluding tert-OH is 1. The number of carbonyl (C=O) groups excluding carboxylic acids is 1. The summed E-state index contributed by atoms with van der Waals surface area (Å²) in [6.45, 7) is 18.2. The van der Waals surface area contributed by atoms with Gasteiger partial charge in [0.25, 0.3) is 0 Å². The Morgan fingerprint density at radius 2 is 1.79 bits per heavy atom. The van der Waals surface area contributed by atoms with Crippen LogP contribution in [0.4, 0.5) is 0 Å². The molecule has 0 amide bonds. The third-order valence-electron chi connectivity index (χ3n) is 8.73. The molecule has 3 rings (SSSR count). The highest BCUT2D eigenvalue weighted by Crippen LogP contribution is 2.75. The molecule has 0 heterocycles. The summed E-state index contributed by atoms with van der Waals surface area (Å²) < 4.78 is 6.85. The van der Waals surface area contributed by atoms with Gasteiger partial charge in [-0.15, -0.1) is 0 Å². The van der Waals surface area contributed by atoms with Gasteiger partial charge in [0.15, 0.2) is 8.32 Å². The van der Waals surface area contributed by atoms with Crippen molar-refractivity contribution in [1.29, 1.82) is 0 Å².